The lowest BCUT2D eigenvalue weighted by molar-refractivity contribution is -0.124. The lowest BCUT2D eigenvalue weighted by atomic mass is 10.2. The maximum atomic E-state index is 12.8. The maximum absolute atomic E-state index is 12.8. The summed E-state index contributed by atoms with van der Waals surface area (Å²) in [6.45, 7) is 1.66. The van der Waals surface area contributed by atoms with E-state index in [1.165, 1.54) is 4.90 Å². The molecule has 2 N–H and O–H groups in total. The van der Waals surface area contributed by atoms with Crippen molar-refractivity contribution in [2.45, 2.75) is 25.8 Å². The van der Waals surface area contributed by atoms with E-state index in [9.17, 15) is 14.4 Å². The van der Waals surface area contributed by atoms with Crippen molar-refractivity contribution < 1.29 is 14.4 Å². The molecule has 1 aliphatic rings. The Kier molecular flexibility index (Phi) is 6.31. The Morgan fingerprint density at radius 3 is 2.50 bits per heavy atom. The Balaban J connectivity index is 1.54. The monoisotopic (exact) mass is 399 g/mol. The molecule has 0 bridgehead atoms. The average molecular weight is 400 g/mol. The fourth-order valence-corrected chi connectivity index (χ4v) is 3.08. The van der Waals surface area contributed by atoms with Crippen molar-refractivity contribution in [1.29, 1.82) is 0 Å². The van der Waals surface area contributed by atoms with Crippen LogP contribution in [0.4, 0.5) is 5.69 Å². The fraction of sp³-hybridized carbons (Fsp3) is 0.286. The third kappa shape index (κ3) is 5.33. The highest BCUT2D eigenvalue weighted by Gasteiger charge is 2.34. The molecule has 0 unspecified atom stereocenters. The smallest absolute Gasteiger partial charge is 0.256 e. The van der Waals surface area contributed by atoms with E-state index in [-0.39, 0.29) is 36.9 Å². The zero-order valence-corrected chi connectivity index (χ0v) is 16.3. The first kappa shape index (κ1) is 19.9. The zero-order valence-electron chi connectivity index (χ0n) is 15.6. The first-order chi connectivity index (χ1) is 13.4. The number of amides is 3. The second kappa shape index (κ2) is 8.89. The van der Waals surface area contributed by atoms with Crippen molar-refractivity contribution >= 4 is 35.0 Å². The fourth-order valence-electron chi connectivity index (χ4n) is 2.86. The summed E-state index contributed by atoms with van der Waals surface area (Å²) >= 11 is 6.11. The van der Waals surface area contributed by atoms with Crippen LogP contribution in [0.25, 0.3) is 0 Å². The minimum Gasteiger partial charge on any atom is -0.345 e. The molecule has 0 aliphatic heterocycles. The topological polar surface area (TPSA) is 78.5 Å². The Morgan fingerprint density at radius 2 is 1.82 bits per heavy atom. The van der Waals surface area contributed by atoms with Crippen LogP contribution in [0.5, 0.6) is 0 Å². The average Bonchev–Trinajstić information content (AvgIpc) is 3.49. The number of halogens is 1. The van der Waals surface area contributed by atoms with Crippen LogP contribution in [-0.2, 0) is 9.59 Å². The number of hydrogen-bond donors (Lipinski definition) is 2. The first-order valence-electron chi connectivity index (χ1n) is 9.13. The molecule has 0 radical (unpaired) electrons. The van der Waals surface area contributed by atoms with Crippen molar-refractivity contribution in [1.82, 2.24) is 10.2 Å². The summed E-state index contributed by atoms with van der Waals surface area (Å²) in [5.41, 5.74) is 2.08. The SMILES string of the molecule is Cc1cccc(NC(=O)CNC(=O)CN(C(=O)c2ccccc2Cl)C2CC2)c1. The summed E-state index contributed by atoms with van der Waals surface area (Å²) in [5.74, 6) is -0.978. The van der Waals surface area contributed by atoms with E-state index in [1.807, 2.05) is 25.1 Å². The van der Waals surface area contributed by atoms with Gasteiger partial charge in [-0.3, -0.25) is 14.4 Å². The van der Waals surface area contributed by atoms with Crippen LogP contribution in [0, 0.1) is 6.92 Å². The van der Waals surface area contributed by atoms with E-state index >= 15 is 0 Å². The van der Waals surface area contributed by atoms with Gasteiger partial charge in [0.2, 0.25) is 11.8 Å². The molecule has 1 saturated carbocycles. The Labute approximate surface area is 168 Å². The van der Waals surface area contributed by atoms with Crippen LogP contribution in [0.1, 0.15) is 28.8 Å². The minimum atomic E-state index is -0.383. The van der Waals surface area contributed by atoms with Gasteiger partial charge in [-0.05, 0) is 49.6 Å². The van der Waals surface area contributed by atoms with E-state index in [4.69, 9.17) is 11.6 Å². The largest absolute Gasteiger partial charge is 0.345 e. The number of hydrogen-bond acceptors (Lipinski definition) is 3. The predicted octanol–water partition coefficient (Wildman–Crippen LogP) is 3.01. The molecule has 0 atom stereocenters. The Bertz CT molecular complexity index is 896. The lowest BCUT2D eigenvalue weighted by Gasteiger charge is -2.22. The van der Waals surface area contributed by atoms with Crippen molar-refractivity contribution in [3.63, 3.8) is 0 Å². The van der Waals surface area contributed by atoms with Crippen molar-refractivity contribution in [3.8, 4) is 0 Å². The molecule has 0 aromatic heterocycles. The maximum Gasteiger partial charge on any atom is 0.256 e. The van der Waals surface area contributed by atoms with E-state index in [1.54, 1.807) is 30.3 Å². The molecule has 0 heterocycles. The van der Waals surface area contributed by atoms with Crippen molar-refractivity contribution in [2.75, 3.05) is 18.4 Å². The highest BCUT2D eigenvalue weighted by atomic mass is 35.5. The molecule has 0 saturated heterocycles. The summed E-state index contributed by atoms with van der Waals surface area (Å²) in [7, 11) is 0. The Morgan fingerprint density at radius 1 is 1.07 bits per heavy atom. The molecule has 6 nitrogen and oxygen atoms in total. The number of nitrogens with one attached hydrogen (secondary N) is 2. The molecule has 28 heavy (non-hydrogen) atoms. The van der Waals surface area contributed by atoms with Gasteiger partial charge in [-0.1, -0.05) is 35.9 Å². The van der Waals surface area contributed by atoms with Crippen LogP contribution in [0.15, 0.2) is 48.5 Å². The minimum absolute atomic E-state index is 0.0376. The molecule has 1 aliphatic carbocycles. The molecular formula is C21H22ClN3O3. The van der Waals surface area contributed by atoms with Gasteiger partial charge >= 0.3 is 0 Å². The van der Waals surface area contributed by atoms with Gasteiger partial charge in [0.1, 0.15) is 6.54 Å². The predicted molar refractivity (Wildman–Crippen MR) is 108 cm³/mol. The third-order valence-electron chi connectivity index (χ3n) is 4.41. The van der Waals surface area contributed by atoms with Crippen LogP contribution >= 0.6 is 11.6 Å². The van der Waals surface area contributed by atoms with Crippen LogP contribution < -0.4 is 10.6 Å². The lowest BCUT2D eigenvalue weighted by Crippen LogP contribution is -2.44. The second-order valence-corrected chi connectivity index (χ2v) is 7.25. The number of aryl methyl sites for hydroxylation is 1. The molecule has 3 amide bonds. The molecule has 0 spiro atoms. The standard InChI is InChI=1S/C21H22ClN3O3/c1-14-5-4-6-15(11-14)24-19(26)12-23-20(27)13-25(16-9-10-16)21(28)17-7-2-3-8-18(17)22/h2-8,11,16H,9-10,12-13H2,1H3,(H,23,27)(H,24,26). The van der Waals surface area contributed by atoms with Crippen LogP contribution in [0.3, 0.4) is 0 Å². The second-order valence-electron chi connectivity index (χ2n) is 6.84. The summed E-state index contributed by atoms with van der Waals surface area (Å²) in [6, 6.07) is 14.2. The molecule has 2 aromatic carbocycles. The summed E-state index contributed by atoms with van der Waals surface area (Å²) in [6.07, 6.45) is 1.72. The summed E-state index contributed by atoms with van der Waals surface area (Å²) in [4.78, 5) is 38.6. The first-order valence-corrected chi connectivity index (χ1v) is 9.50. The van der Waals surface area contributed by atoms with E-state index in [0.717, 1.165) is 18.4 Å². The van der Waals surface area contributed by atoms with Gasteiger partial charge in [0, 0.05) is 11.7 Å². The van der Waals surface area contributed by atoms with Crippen LogP contribution in [-0.4, -0.2) is 41.8 Å². The highest BCUT2D eigenvalue weighted by Crippen LogP contribution is 2.29. The number of anilines is 1. The summed E-state index contributed by atoms with van der Waals surface area (Å²) in [5, 5.41) is 5.66. The number of benzene rings is 2. The van der Waals surface area contributed by atoms with E-state index in [0.29, 0.717) is 16.3 Å². The third-order valence-corrected chi connectivity index (χ3v) is 4.74. The molecule has 146 valence electrons. The van der Waals surface area contributed by atoms with E-state index < -0.39 is 0 Å². The molecule has 3 rings (SSSR count). The Hall–Kier alpha value is -2.86. The van der Waals surface area contributed by atoms with Gasteiger partial charge in [-0.2, -0.15) is 0 Å². The van der Waals surface area contributed by atoms with Gasteiger partial charge in [0.15, 0.2) is 0 Å². The molecule has 7 heteroatoms. The number of carbonyl (C=O) groups excluding carboxylic acids is 3. The number of rotatable bonds is 7. The number of carbonyl (C=O) groups is 3. The molecule has 2 aromatic rings. The van der Waals surface area contributed by atoms with Crippen molar-refractivity contribution in [2.24, 2.45) is 0 Å². The number of nitrogens with zero attached hydrogens (tertiary/aromatic N) is 1. The van der Waals surface area contributed by atoms with Gasteiger partial charge in [-0.25, -0.2) is 0 Å². The highest BCUT2D eigenvalue weighted by molar-refractivity contribution is 6.33. The van der Waals surface area contributed by atoms with Gasteiger partial charge in [-0.15, -0.1) is 0 Å². The molecule has 1 fully saturated rings. The molecular weight excluding hydrogens is 378 g/mol. The van der Waals surface area contributed by atoms with Gasteiger partial charge < -0.3 is 15.5 Å². The van der Waals surface area contributed by atoms with Gasteiger partial charge in [0.05, 0.1) is 17.1 Å². The van der Waals surface area contributed by atoms with Gasteiger partial charge in [0.25, 0.3) is 5.91 Å². The quantitative estimate of drug-likeness (QED) is 0.751. The van der Waals surface area contributed by atoms with Crippen LogP contribution in [0.2, 0.25) is 5.02 Å². The summed E-state index contributed by atoms with van der Waals surface area (Å²) < 4.78 is 0. The van der Waals surface area contributed by atoms with E-state index in [2.05, 4.69) is 10.6 Å². The normalized spacial score (nSPS) is 12.9. The van der Waals surface area contributed by atoms with Crippen molar-refractivity contribution in [3.05, 3.63) is 64.7 Å². The zero-order chi connectivity index (χ0) is 20.1.